The molecule has 3 heterocycles. The lowest BCUT2D eigenvalue weighted by molar-refractivity contribution is -0.114. The summed E-state index contributed by atoms with van der Waals surface area (Å²) in [4.78, 5) is 41.3. The average molecular weight is 532 g/mol. The van der Waals surface area contributed by atoms with E-state index >= 15 is 0 Å². The number of urea groups is 1. The standard InChI is InChI=1S/C26H29N9O2S/c1-17(36)30-19-8-6-18(7-9-19)23-22(14-27)24(28)33-25(32-23)38-16-21-5-3-4-20(31-21)15-29-26(37)35-12-10-34(2)11-13-35/h3-9H,10-13,15-16H2,1-2H3,(H,29,37)(H,30,36)(H2,28,32,33). The summed E-state index contributed by atoms with van der Waals surface area (Å²) in [5.74, 6) is 0.404. The fraction of sp³-hybridized carbons (Fsp3) is 0.308. The SMILES string of the molecule is CC(=O)Nc1ccc(-c2nc(SCc3cccc(CNC(=O)N4CCN(C)CC4)n3)nc(N)c2C#N)cc1. The maximum absolute atomic E-state index is 12.5. The zero-order valence-electron chi connectivity index (χ0n) is 21.3. The molecule has 1 saturated heterocycles. The van der Waals surface area contributed by atoms with E-state index in [4.69, 9.17) is 5.73 Å². The normalized spacial score (nSPS) is 13.6. The summed E-state index contributed by atoms with van der Waals surface area (Å²) in [6.45, 7) is 4.92. The van der Waals surface area contributed by atoms with E-state index in [9.17, 15) is 14.9 Å². The summed E-state index contributed by atoms with van der Waals surface area (Å²) in [5, 5.41) is 15.7. The van der Waals surface area contributed by atoms with Crippen LogP contribution in [0.2, 0.25) is 0 Å². The smallest absolute Gasteiger partial charge is 0.317 e. The maximum Gasteiger partial charge on any atom is 0.317 e. The van der Waals surface area contributed by atoms with Crippen LogP contribution in [0.4, 0.5) is 16.3 Å². The number of nitrogens with two attached hydrogens (primary N) is 1. The van der Waals surface area contributed by atoms with Crippen molar-refractivity contribution in [3.05, 3.63) is 59.4 Å². The maximum atomic E-state index is 12.5. The molecule has 11 nitrogen and oxygen atoms in total. The Balaban J connectivity index is 1.41. The highest BCUT2D eigenvalue weighted by atomic mass is 32.2. The molecule has 1 aromatic carbocycles. The highest BCUT2D eigenvalue weighted by Crippen LogP contribution is 2.29. The van der Waals surface area contributed by atoms with Crippen molar-refractivity contribution in [3.63, 3.8) is 0 Å². The number of nitriles is 1. The molecule has 1 aliphatic rings. The van der Waals surface area contributed by atoms with Crippen LogP contribution in [0.15, 0.2) is 47.6 Å². The van der Waals surface area contributed by atoms with E-state index in [1.807, 2.05) is 30.1 Å². The van der Waals surface area contributed by atoms with Crippen molar-refractivity contribution < 1.29 is 9.59 Å². The summed E-state index contributed by atoms with van der Waals surface area (Å²) >= 11 is 1.35. The first-order valence-electron chi connectivity index (χ1n) is 12.1. The predicted molar refractivity (Wildman–Crippen MR) is 146 cm³/mol. The van der Waals surface area contributed by atoms with Gasteiger partial charge in [0.25, 0.3) is 0 Å². The monoisotopic (exact) mass is 531 g/mol. The first-order valence-corrected chi connectivity index (χ1v) is 13.1. The van der Waals surface area contributed by atoms with Crippen molar-refractivity contribution >= 4 is 35.2 Å². The number of aromatic nitrogens is 3. The van der Waals surface area contributed by atoms with Gasteiger partial charge in [0.15, 0.2) is 5.16 Å². The fourth-order valence-corrected chi connectivity index (χ4v) is 4.65. The van der Waals surface area contributed by atoms with Gasteiger partial charge >= 0.3 is 6.03 Å². The molecule has 4 rings (SSSR count). The lowest BCUT2D eigenvalue weighted by Crippen LogP contribution is -2.50. The lowest BCUT2D eigenvalue weighted by Gasteiger charge is -2.32. The molecule has 4 N–H and O–H groups in total. The van der Waals surface area contributed by atoms with Crippen LogP contribution in [-0.2, 0) is 17.1 Å². The molecule has 3 aromatic rings. The summed E-state index contributed by atoms with van der Waals surface area (Å²) in [6, 6.07) is 14.7. The number of rotatable bonds is 7. The molecule has 196 valence electrons. The van der Waals surface area contributed by atoms with Crippen LogP contribution in [0.25, 0.3) is 11.3 Å². The van der Waals surface area contributed by atoms with Gasteiger partial charge in [-0.15, -0.1) is 0 Å². The van der Waals surface area contributed by atoms with Gasteiger partial charge in [-0.1, -0.05) is 30.0 Å². The summed E-state index contributed by atoms with van der Waals surface area (Å²) in [5.41, 5.74) is 9.58. The van der Waals surface area contributed by atoms with E-state index in [0.717, 1.165) is 24.5 Å². The minimum Gasteiger partial charge on any atom is -0.382 e. The molecule has 2 aromatic heterocycles. The van der Waals surface area contributed by atoms with E-state index in [-0.39, 0.29) is 23.3 Å². The van der Waals surface area contributed by atoms with Gasteiger partial charge in [-0.05, 0) is 31.3 Å². The number of hydrogen-bond acceptors (Lipinski definition) is 9. The molecule has 0 spiro atoms. The number of anilines is 2. The number of hydrogen-bond donors (Lipinski definition) is 3. The van der Waals surface area contributed by atoms with E-state index < -0.39 is 0 Å². The molecule has 0 saturated carbocycles. The number of nitrogens with one attached hydrogen (secondary N) is 2. The van der Waals surface area contributed by atoms with Crippen molar-refractivity contribution in [1.29, 1.82) is 5.26 Å². The molecule has 38 heavy (non-hydrogen) atoms. The largest absolute Gasteiger partial charge is 0.382 e. The Bertz CT molecular complexity index is 1350. The van der Waals surface area contributed by atoms with Crippen LogP contribution in [0.5, 0.6) is 0 Å². The highest BCUT2D eigenvalue weighted by Gasteiger charge is 2.19. The first-order chi connectivity index (χ1) is 18.3. The number of benzene rings is 1. The quantitative estimate of drug-likeness (QED) is 0.308. The van der Waals surface area contributed by atoms with Gasteiger partial charge in [-0.3, -0.25) is 9.78 Å². The van der Waals surface area contributed by atoms with E-state index in [2.05, 4.69) is 36.6 Å². The molecular weight excluding hydrogens is 502 g/mol. The van der Waals surface area contributed by atoms with Crippen molar-refractivity contribution in [2.45, 2.75) is 24.4 Å². The van der Waals surface area contributed by atoms with E-state index in [1.54, 1.807) is 24.3 Å². The Labute approximate surface area is 225 Å². The van der Waals surface area contributed by atoms with Crippen LogP contribution in [0, 0.1) is 11.3 Å². The molecule has 0 unspecified atom stereocenters. The summed E-state index contributed by atoms with van der Waals surface area (Å²) < 4.78 is 0. The number of carbonyl (C=O) groups is 2. The number of nitrogens with zero attached hydrogens (tertiary/aromatic N) is 6. The van der Waals surface area contributed by atoms with Crippen molar-refractivity contribution in [2.75, 3.05) is 44.3 Å². The van der Waals surface area contributed by atoms with Crippen molar-refractivity contribution in [3.8, 4) is 17.3 Å². The van der Waals surface area contributed by atoms with Crippen molar-refractivity contribution in [2.24, 2.45) is 0 Å². The van der Waals surface area contributed by atoms with Crippen LogP contribution < -0.4 is 16.4 Å². The van der Waals surface area contributed by atoms with Crippen molar-refractivity contribution in [1.82, 2.24) is 30.1 Å². The highest BCUT2D eigenvalue weighted by molar-refractivity contribution is 7.98. The van der Waals surface area contributed by atoms with Crippen LogP contribution in [0.1, 0.15) is 23.9 Å². The Morgan fingerprint density at radius 1 is 1.05 bits per heavy atom. The predicted octanol–water partition coefficient (Wildman–Crippen LogP) is 2.70. The van der Waals surface area contributed by atoms with E-state index in [0.29, 0.717) is 47.5 Å². The molecule has 3 amide bonds. The number of pyridine rings is 1. The van der Waals surface area contributed by atoms with Crippen LogP contribution in [-0.4, -0.2) is 69.9 Å². The Morgan fingerprint density at radius 3 is 2.45 bits per heavy atom. The number of piperazine rings is 1. The summed E-state index contributed by atoms with van der Waals surface area (Å²) in [7, 11) is 2.05. The zero-order valence-corrected chi connectivity index (χ0v) is 22.1. The minimum absolute atomic E-state index is 0.0845. The number of thioether (sulfide) groups is 1. The molecule has 0 bridgehead atoms. The Hall–Kier alpha value is -4.21. The van der Waals surface area contributed by atoms with Gasteiger partial charge in [0.05, 0.1) is 23.6 Å². The first kappa shape index (κ1) is 26.8. The third-order valence-corrected chi connectivity index (χ3v) is 6.81. The Kier molecular flexibility index (Phi) is 8.73. The molecular formula is C26H29N9O2S. The molecule has 12 heteroatoms. The van der Waals surface area contributed by atoms with Gasteiger partial charge < -0.3 is 26.2 Å². The van der Waals surface area contributed by atoms with E-state index in [1.165, 1.54) is 18.7 Å². The second-order valence-electron chi connectivity index (χ2n) is 8.84. The topological polar surface area (TPSA) is 153 Å². The van der Waals surface area contributed by atoms with Gasteiger partial charge in [-0.2, -0.15) is 5.26 Å². The second kappa shape index (κ2) is 12.4. The summed E-state index contributed by atoms with van der Waals surface area (Å²) in [6.07, 6.45) is 0. The Morgan fingerprint density at radius 2 is 1.76 bits per heavy atom. The lowest BCUT2D eigenvalue weighted by atomic mass is 10.1. The molecule has 0 atom stereocenters. The molecule has 1 aliphatic heterocycles. The van der Waals surface area contributed by atoms with Gasteiger partial charge in [0.2, 0.25) is 5.91 Å². The van der Waals surface area contributed by atoms with Gasteiger partial charge in [0, 0.05) is 50.1 Å². The molecule has 0 radical (unpaired) electrons. The minimum atomic E-state index is -0.171. The van der Waals surface area contributed by atoms with Crippen LogP contribution >= 0.6 is 11.8 Å². The molecule has 1 fully saturated rings. The number of carbonyl (C=O) groups excluding carboxylic acids is 2. The van der Waals surface area contributed by atoms with Gasteiger partial charge in [-0.25, -0.2) is 14.8 Å². The average Bonchev–Trinajstić information content (AvgIpc) is 2.91. The third-order valence-electron chi connectivity index (χ3n) is 5.93. The third kappa shape index (κ3) is 6.96. The molecule has 0 aliphatic carbocycles. The fourth-order valence-electron chi connectivity index (χ4n) is 3.89. The zero-order chi connectivity index (χ0) is 27.1. The second-order valence-corrected chi connectivity index (χ2v) is 9.79. The number of nitrogen functional groups attached to an aromatic ring is 1. The van der Waals surface area contributed by atoms with Crippen LogP contribution in [0.3, 0.4) is 0 Å². The number of likely N-dealkylation sites (N-methyl/N-ethyl adjacent to an activating group) is 1. The number of amides is 3. The van der Waals surface area contributed by atoms with Gasteiger partial charge in [0.1, 0.15) is 17.5 Å².